The fourth-order valence-electron chi connectivity index (χ4n) is 1.01. The molecule has 0 aromatic carbocycles. The number of rotatable bonds is 0. The Morgan fingerprint density at radius 1 is 1.36 bits per heavy atom. The molecule has 3 N–H and O–H groups in total. The summed E-state index contributed by atoms with van der Waals surface area (Å²) in [6.07, 6.45) is -2.76. The summed E-state index contributed by atoms with van der Waals surface area (Å²) in [7, 11) is 0. The fourth-order valence-corrected chi connectivity index (χ4v) is 1.01. The van der Waals surface area contributed by atoms with Crippen molar-refractivity contribution in [2.24, 2.45) is 0 Å². The molecule has 0 bridgehead atoms. The first-order chi connectivity index (χ1) is 5.04. The molecule has 11 heavy (non-hydrogen) atoms. The lowest BCUT2D eigenvalue weighted by Crippen LogP contribution is -2.45. The molecule has 0 heterocycles. The van der Waals surface area contributed by atoms with Crippen molar-refractivity contribution in [1.82, 2.24) is 0 Å². The third kappa shape index (κ3) is 1.33. The third-order valence-electron chi connectivity index (χ3n) is 1.75. The summed E-state index contributed by atoms with van der Waals surface area (Å²) >= 11 is 0. The van der Waals surface area contributed by atoms with Crippen molar-refractivity contribution >= 4 is 5.78 Å². The van der Waals surface area contributed by atoms with Crippen LogP contribution >= 0.6 is 0 Å². The van der Waals surface area contributed by atoms with Gasteiger partial charge in [-0.1, -0.05) is 0 Å². The average molecular weight is 162 g/mol. The molecule has 1 rings (SSSR count). The van der Waals surface area contributed by atoms with Crippen LogP contribution in [0.4, 0.5) is 0 Å². The van der Waals surface area contributed by atoms with E-state index in [0.29, 0.717) is 0 Å². The quantitative estimate of drug-likeness (QED) is 0.383. The lowest BCUT2D eigenvalue weighted by molar-refractivity contribution is -0.134. The van der Waals surface area contributed by atoms with Crippen LogP contribution in [0.5, 0.6) is 0 Å². The first-order valence-electron chi connectivity index (χ1n) is 3.31. The van der Waals surface area contributed by atoms with Crippen LogP contribution in [0.3, 0.4) is 0 Å². The Kier molecular flexibility index (Phi) is 2.08. The molecule has 0 fully saturated rings. The minimum absolute atomic E-state index is 0.287. The Labute approximate surface area is 63.8 Å². The molecule has 4 nitrogen and oxygen atoms in total. The van der Waals surface area contributed by atoms with Gasteiger partial charge in [0, 0.05) is 0 Å². The molecule has 0 saturated carbocycles. The second-order valence-corrected chi connectivity index (χ2v) is 2.64. The van der Waals surface area contributed by atoms with Crippen molar-refractivity contribution in [2.75, 3.05) is 0 Å². The van der Waals surface area contributed by atoms with E-state index in [0.717, 1.165) is 0 Å². The molecule has 0 amide bonds. The third-order valence-corrected chi connectivity index (χ3v) is 1.75. The van der Waals surface area contributed by atoms with Crippen LogP contribution in [0.1, 0.15) is 6.92 Å². The van der Waals surface area contributed by atoms with Gasteiger partial charge in [-0.15, -0.1) is 0 Å². The molecular weight excluding hydrogens is 152 g/mol. The van der Waals surface area contributed by atoms with Gasteiger partial charge in [-0.25, -0.2) is 0 Å². The normalized spacial score (nSPS) is 38.7. The molecule has 0 aliphatic heterocycles. The number of aliphatic hydroxyl groups excluding tert-OH is 3. The zero-order chi connectivity index (χ0) is 8.59. The Bertz CT molecular complexity index is 208. The summed E-state index contributed by atoms with van der Waals surface area (Å²) in [6.45, 7) is 1.49. The second-order valence-electron chi connectivity index (χ2n) is 2.64. The topological polar surface area (TPSA) is 77.8 Å². The highest BCUT2D eigenvalue weighted by atomic mass is 16.4. The fraction of sp³-hybridized carbons (Fsp3) is 0.571. The van der Waals surface area contributed by atoms with Crippen LogP contribution in [0, 0.1) is 0 Å². The highest BCUT2D eigenvalue weighted by molar-refractivity contribution is 5.99. The molecular formula is C7H10O4. The number of hydrogen-bond acceptors (Lipinski definition) is 4. The Hall–Kier alpha value is -0.710. The summed E-state index contributed by atoms with van der Waals surface area (Å²) in [5, 5.41) is 27.0. The van der Waals surface area contributed by atoms with Crippen LogP contribution in [-0.4, -0.2) is 39.4 Å². The van der Waals surface area contributed by atoms with Crippen molar-refractivity contribution in [3.05, 3.63) is 11.6 Å². The molecule has 62 valence electrons. The minimum atomic E-state index is -1.48. The Morgan fingerprint density at radius 2 is 1.91 bits per heavy atom. The SMILES string of the molecule is [13CH3][13C]1=C[C@@H](O)[13C@@H](O)[C@H](O)[13C]1=O. The predicted octanol–water partition coefficient (Wildman–Crippen LogP) is -1.40. The number of hydrogen-bond donors (Lipinski definition) is 3. The summed E-state index contributed by atoms with van der Waals surface area (Å²) in [4.78, 5) is 10.9. The zero-order valence-electron chi connectivity index (χ0n) is 6.06. The number of Topliss-reactive ketones (excluding diaryl/α,β-unsaturated/α-hetero) is 1. The Morgan fingerprint density at radius 3 is 2.45 bits per heavy atom. The van der Waals surface area contributed by atoms with Gasteiger partial charge in [-0.2, -0.15) is 0 Å². The standard InChI is InChI=1S/C7H10O4/c1-3-2-4(8)6(10)7(11)5(3)9/h2,4,6-8,10-11H,1H3/t4-,6-,7-/m1/s1/i1+1,3+1,5+1,6+1. The van der Waals surface area contributed by atoms with E-state index in [1.165, 1.54) is 13.0 Å². The van der Waals surface area contributed by atoms with Crippen LogP contribution < -0.4 is 0 Å². The first-order valence-corrected chi connectivity index (χ1v) is 3.31. The molecule has 0 saturated heterocycles. The zero-order valence-corrected chi connectivity index (χ0v) is 6.06. The van der Waals surface area contributed by atoms with Crippen molar-refractivity contribution < 1.29 is 20.1 Å². The van der Waals surface area contributed by atoms with Crippen molar-refractivity contribution in [3.63, 3.8) is 0 Å². The van der Waals surface area contributed by atoms with Crippen molar-refractivity contribution in [3.8, 4) is 0 Å². The van der Waals surface area contributed by atoms with E-state index in [2.05, 4.69) is 0 Å². The monoisotopic (exact) mass is 162 g/mol. The largest absolute Gasteiger partial charge is 0.387 e. The maximum atomic E-state index is 10.9. The van der Waals surface area contributed by atoms with E-state index >= 15 is 0 Å². The van der Waals surface area contributed by atoms with Crippen LogP contribution in [0.2, 0.25) is 0 Å². The molecule has 0 aromatic heterocycles. The predicted molar refractivity (Wildman–Crippen MR) is 36.8 cm³/mol. The van der Waals surface area contributed by atoms with Gasteiger partial charge in [0.25, 0.3) is 0 Å². The van der Waals surface area contributed by atoms with Gasteiger partial charge in [0.15, 0.2) is 5.78 Å². The smallest absolute Gasteiger partial charge is 0.189 e. The van der Waals surface area contributed by atoms with E-state index in [1.54, 1.807) is 0 Å². The van der Waals surface area contributed by atoms with Crippen molar-refractivity contribution in [1.29, 1.82) is 0 Å². The number of carbonyl (C=O) groups is 1. The summed E-state index contributed by atoms with van der Waals surface area (Å²) in [5.74, 6) is -0.525. The van der Waals surface area contributed by atoms with E-state index < -0.39 is 24.1 Å². The van der Waals surface area contributed by atoms with Gasteiger partial charge >= 0.3 is 0 Å². The summed E-state index contributed by atoms with van der Waals surface area (Å²) < 4.78 is 0. The van der Waals surface area contributed by atoms with E-state index in [4.69, 9.17) is 15.3 Å². The second kappa shape index (κ2) is 2.73. The summed E-state index contributed by atoms with van der Waals surface area (Å²) in [6, 6.07) is 0. The van der Waals surface area contributed by atoms with E-state index in [9.17, 15) is 4.79 Å². The Balaban J connectivity index is 2.92. The maximum Gasteiger partial charge on any atom is 0.189 e. The first kappa shape index (κ1) is 8.39. The molecule has 4 heteroatoms. The van der Waals surface area contributed by atoms with Gasteiger partial charge in [-0.05, 0) is 18.6 Å². The van der Waals surface area contributed by atoms with Gasteiger partial charge in [0.05, 0.1) is 0 Å². The molecule has 0 radical (unpaired) electrons. The van der Waals surface area contributed by atoms with Crippen molar-refractivity contribution in [2.45, 2.75) is 25.2 Å². The highest BCUT2D eigenvalue weighted by Gasteiger charge is 2.34. The van der Waals surface area contributed by atoms with Gasteiger partial charge in [-0.3, -0.25) is 4.79 Å². The molecule has 0 aromatic rings. The molecule has 1 aliphatic carbocycles. The van der Waals surface area contributed by atoms with E-state index in [-0.39, 0.29) is 5.57 Å². The number of ketones is 1. The van der Waals surface area contributed by atoms with Crippen LogP contribution in [0.15, 0.2) is 11.6 Å². The van der Waals surface area contributed by atoms with Gasteiger partial charge < -0.3 is 15.3 Å². The lowest BCUT2D eigenvalue weighted by atomic mass is 10.3. The minimum Gasteiger partial charge on any atom is -0.387 e. The molecule has 0 unspecified atom stereocenters. The van der Waals surface area contributed by atoms with Gasteiger partial charge in [0.2, 0.25) is 0 Å². The van der Waals surface area contributed by atoms with Crippen LogP contribution in [0.25, 0.3) is 0 Å². The molecule has 1 aliphatic rings. The maximum absolute atomic E-state index is 10.9. The van der Waals surface area contributed by atoms with Crippen LogP contribution in [-0.2, 0) is 4.79 Å². The average Bonchev–Trinajstić information content (AvgIpc) is 1.97. The summed E-state index contributed by atoms with van der Waals surface area (Å²) in [5.41, 5.74) is 0.287. The molecule has 3 atom stereocenters. The molecule has 0 spiro atoms. The number of carbonyl (C=O) groups excluding carboxylic acids is 1. The van der Waals surface area contributed by atoms with E-state index in [1.807, 2.05) is 0 Å². The van der Waals surface area contributed by atoms with Gasteiger partial charge in [0.1, 0.15) is 18.3 Å². The lowest BCUT2D eigenvalue weighted by Gasteiger charge is -2.24. The highest BCUT2D eigenvalue weighted by Crippen LogP contribution is 2.15. The number of aliphatic hydroxyl groups is 3.